The van der Waals surface area contributed by atoms with E-state index in [1.54, 1.807) is 25.3 Å². The number of rotatable bonds is 4. The standard InChI is InChI=1S/C24H24N8O2S/c1-13-27-24(35-30-13)29-23(34)15-4-2-14(3-5-15)19-20-21(25)26-10-11-31(20)22(28-19)16-6-7-17-8-9-18(33)32(17)12-16/h2-5,10-11,16-17H,6-9,12H2,1H3,(H2,25,26)(H,27,29,30,34). The normalized spacial score (nSPS) is 19.8. The maximum absolute atomic E-state index is 12.6. The van der Waals surface area contributed by atoms with Gasteiger partial charge in [-0.3, -0.25) is 19.3 Å². The van der Waals surface area contributed by atoms with Crippen LogP contribution in [0.1, 0.15) is 53.6 Å². The maximum Gasteiger partial charge on any atom is 0.257 e. The molecule has 11 heteroatoms. The van der Waals surface area contributed by atoms with Crippen molar-refractivity contribution in [2.75, 3.05) is 17.6 Å². The number of amides is 2. The van der Waals surface area contributed by atoms with Crippen LogP contribution in [0.3, 0.4) is 0 Å². The van der Waals surface area contributed by atoms with Crippen molar-refractivity contribution in [2.45, 2.75) is 44.6 Å². The SMILES string of the molecule is Cc1nsc(NC(=O)c2ccc(-c3nc(C4CCC5CCC(=O)N5C4)n4ccnc(N)c34)cc2)n1. The second-order valence-electron chi connectivity index (χ2n) is 9.04. The first-order chi connectivity index (χ1) is 17.0. The lowest BCUT2D eigenvalue weighted by Gasteiger charge is -2.34. The summed E-state index contributed by atoms with van der Waals surface area (Å²) < 4.78 is 6.08. The Morgan fingerprint density at radius 1 is 1.17 bits per heavy atom. The first-order valence-electron chi connectivity index (χ1n) is 11.6. The van der Waals surface area contributed by atoms with Crippen LogP contribution in [0.2, 0.25) is 0 Å². The molecule has 2 unspecified atom stereocenters. The van der Waals surface area contributed by atoms with E-state index in [-0.39, 0.29) is 17.7 Å². The molecule has 0 radical (unpaired) electrons. The molecule has 2 fully saturated rings. The van der Waals surface area contributed by atoms with Gasteiger partial charge in [-0.2, -0.15) is 4.37 Å². The molecule has 2 amide bonds. The van der Waals surface area contributed by atoms with Gasteiger partial charge in [0, 0.05) is 60.0 Å². The summed E-state index contributed by atoms with van der Waals surface area (Å²) in [4.78, 5) is 40.5. The molecule has 0 spiro atoms. The number of nitrogens with two attached hydrogens (primary N) is 1. The van der Waals surface area contributed by atoms with Crippen molar-refractivity contribution in [3.63, 3.8) is 0 Å². The molecule has 1 aromatic carbocycles. The second-order valence-corrected chi connectivity index (χ2v) is 9.79. The molecular weight excluding hydrogens is 464 g/mol. The average molecular weight is 489 g/mol. The van der Waals surface area contributed by atoms with E-state index in [9.17, 15) is 9.59 Å². The highest BCUT2D eigenvalue weighted by Gasteiger charge is 2.38. The zero-order valence-corrected chi connectivity index (χ0v) is 20.0. The third kappa shape index (κ3) is 3.81. The summed E-state index contributed by atoms with van der Waals surface area (Å²) in [6, 6.07) is 7.59. The number of carbonyl (C=O) groups excluding carboxylic acids is 2. The number of aryl methyl sites for hydroxylation is 1. The molecule has 0 aliphatic carbocycles. The van der Waals surface area contributed by atoms with Gasteiger partial charge in [0.15, 0.2) is 0 Å². The molecule has 3 aromatic heterocycles. The molecule has 4 aromatic rings. The highest BCUT2D eigenvalue weighted by atomic mass is 32.1. The van der Waals surface area contributed by atoms with E-state index < -0.39 is 0 Å². The van der Waals surface area contributed by atoms with Gasteiger partial charge in [-0.1, -0.05) is 12.1 Å². The van der Waals surface area contributed by atoms with Crippen molar-refractivity contribution in [1.29, 1.82) is 0 Å². The van der Waals surface area contributed by atoms with Gasteiger partial charge in [0.05, 0.1) is 0 Å². The number of hydrogen-bond donors (Lipinski definition) is 2. The van der Waals surface area contributed by atoms with E-state index in [4.69, 9.17) is 10.7 Å². The van der Waals surface area contributed by atoms with Gasteiger partial charge >= 0.3 is 0 Å². The number of hydrogen-bond acceptors (Lipinski definition) is 8. The number of nitrogens with zero attached hydrogens (tertiary/aromatic N) is 6. The summed E-state index contributed by atoms with van der Waals surface area (Å²) in [5, 5.41) is 3.23. The Labute approximate surface area is 205 Å². The smallest absolute Gasteiger partial charge is 0.257 e. The Kier molecular flexibility index (Phi) is 5.21. The average Bonchev–Trinajstić information content (AvgIpc) is 3.56. The zero-order valence-electron chi connectivity index (χ0n) is 19.1. The summed E-state index contributed by atoms with van der Waals surface area (Å²) >= 11 is 1.15. The highest BCUT2D eigenvalue weighted by Crippen LogP contribution is 2.38. The van der Waals surface area contributed by atoms with Crippen LogP contribution < -0.4 is 11.1 Å². The van der Waals surface area contributed by atoms with Gasteiger partial charge in [-0.15, -0.1) is 0 Å². The van der Waals surface area contributed by atoms with Gasteiger partial charge in [0.25, 0.3) is 5.91 Å². The third-order valence-electron chi connectivity index (χ3n) is 6.86. The number of fused-ring (bicyclic) bond motifs is 2. The second kappa shape index (κ2) is 8.42. The molecule has 2 aliphatic rings. The fourth-order valence-electron chi connectivity index (χ4n) is 5.15. The van der Waals surface area contributed by atoms with E-state index >= 15 is 0 Å². The largest absolute Gasteiger partial charge is 0.382 e. The van der Waals surface area contributed by atoms with Gasteiger partial charge in [-0.05, 0) is 38.3 Å². The van der Waals surface area contributed by atoms with Crippen molar-refractivity contribution in [1.82, 2.24) is 28.6 Å². The van der Waals surface area contributed by atoms with Crippen LogP contribution in [0.4, 0.5) is 10.9 Å². The van der Waals surface area contributed by atoms with Gasteiger partial charge in [0.1, 0.15) is 28.7 Å². The van der Waals surface area contributed by atoms with Crippen molar-refractivity contribution < 1.29 is 9.59 Å². The van der Waals surface area contributed by atoms with Crippen LogP contribution in [0.15, 0.2) is 36.7 Å². The van der Waals surface area contributed by atoms with Crippen LogP contribution in [0.5, 0.6) is 0 Å². The van der Waals surface area contributed by atoms with Gasteiger partial charge < -0.3 is 10.6 Å². The van der Waals surface area contributed by atoms with E-state index in [2.05, 4.69) is 19.7 Å². The molecule has 2 saturated heterocycles. The quantitative estimate of drug-likeness (QED) is 0.451. The molecule has 5 heterocycles. The highest BCUT2D eigenvalue weighted by molar-refractivity contribution is 7.09. The first-order valence-corrected chi connectivity index (χ1v) is 12.4. The molecular formula is C24H24N8O2S. The summed E-state index contributed by atoms with van der Waals surface area (Å²) in [5.74, 6) is 2.00. The molecule has 178 valence electrons. The lowest BCUT2D eigenvalue weighted by Crippen LogP contribution is -2.41. The Bertz CT molecular complexity index is 1440. The van der Waals surface area contributed by atoms with E-state index in [1.165, 1.54) is 0 Å². The Balaban J connectivity index is 1.32. The van der Waals surface area contributed by atoms with E-state index in [0.717, 1.165) is 47.7 Å². The number of imidazole rings is 1. The fourth-order valence-corrected chi connectivity index (χ4v) is 5.72. The molecule has 2 aliphatic heterocycles. The number of piperidine rings is 1. The van der Waals surface area contributed by atoms with Crippen molar-refractivity contribution in [3.05, 3.63) is 53.9 Å². The van der Waals surface area contributed by atoms with Gasteiger partial charge in [-0.25, -0.2) is 15.0 Å². The summed E-state index contributed by atoms with van der Waals surface area (Å²) in [7, 11) is 0. The Hall–Kier alpha value is -3.86. The number of carbonyl (C=O) groups is 2. The zero-order chi connectivity index (χ0) is 24.1. The van der Waals surface area contributed by atoms with Crippen LogP contribution in [0.25, 0.3) is 16.8 Å². The summed E-state index contributed by atoms with van der Waals surface area (Å²) in [5.41, 5.74) is 9.09. The molecule has 0 bridgehead atoms. The Morgan fingerprint density at radius 3 is 2.77 bits per heavy atom. The van der Waals surface area contributed by atoms with Crippen molar-refractivity contribution >= 4 is 39.8 Å². The number of benzene rings is 1. The van der Waals surface area contributed by atoms with Crippen molar-refractivity contribution in [3.8, 4) is 11.3 Å². The minimum Gasteiger partial charge on any atom is -0.382 e. The molecule has 0 saturated carbocycles. The van der Waals surface area contributed by atoms with Gasteiger partial charge in [0.2, 0.25) is 11.0 Å². The topological polar surface area (TPSA) is 131 Å². The number of nitrogens with one attached hydrogen (secondary N) is 1. The number of aromatic nitrogens is 5. The van der Waals surface area contributed by atoms with Crippen LogP contribution in [0, 0.1) is 6.92 Å². The minimum atomic E-state index is -0.253. The van der Waals surface area contributed by atoms with E-state index in [1.807, 2.05) is 27.6 Å². The predicted octanol–water partition coefficient (Wildman–Crippen LogP) is 3.26. The number of nitrogen functional groups attached to an aromatic ring is 1. The monoisotopic (exact) mass is 488 g/mol. The Morgan fingerprint density at radius 2 is 2.00 bits per heavy atom. The molecule has 2 atom stereocenters. The third-order valence-corrected chi connectivity index (χ3v) is 7.58. The summed E-state index contributed by atoms with van der Waals surface area (Å²) in [6.45, 7) is 2.45. The maximum atomic E-state index is 12.6. The predicted molar refractivity (Wildman–Crippen MR) is 132 cm³/mol. The molecule has 35 heavy (non-hydrogen) atoms. The lowest BCUT2D eigenvalue weighted by molar-refractivity contribution is -0.130. The van der Waals surface area contributed by atoms with Crippen molar-refractivity contribution in [2.24, 2.45) is 0 Å². The first kappa shape index (κ1) is 21.7. The van der Waals surface area contributed by atoms with Crippen LogP contribution in [-0.4, -0.2) is 53.0 Å². The molecule has 3 N–H and O–H groups in total. The summed E-state index contributed by atoms with van der Waals surface area (Å²) in [6.07, 6.45) is 7.10. The fraction of sp³-hybridized carbons (Fsp3) is 0.333. The van der Waals surface area contributed by atoms with Crippen LogP contribution in [-0.2, 0) is 4.79 Å². The number of anilines is 2. The minimum absolute atomic E-state index is 0.122. The lowest BCUT2D eigenvalue weighted by atomic mass is 9.92. The molecule has 6 rings (SSSR count). The van der Waals surface area contributed by atoms with Crippen LogP contribution >= 0.6 is 11.5 Å². The van der Waals surface area contributed by atoms with E-state index in [0.29, 0.717) is 47.0 Å². The molecule has 10 nitrogen and oxygen atoms in total.